The Bertz CT molecular complexity index is 323. The molecule has 0 atom stereocenters. The second-order valence-electron chi connectivity index (χ2n) is 5.93. The number of piperidine rings is 1. The van der Waals surface area contributed by atoms with E-state index in [2.05, 4.69) is 12.2 Å². The quantitative estimate of drug-likeness (QED) is 0.746. The Kier molecular flexibility index (Phi) is 5.79. The van der Waals surface area contributed by atoms with Crippen LogP contribution in [-0.4, -0.2) is 42.9 Å². The zero-order valence-electron chi connectivity index (χ0n) is 12.4. The molecular weight excluding hydrogens is 242 g/mol. The number of carbonyl (C=O) groups excluding carboxylic acids is 2. The second kappa shape index (κ2) is 6.89. The molecule has 1 saturated heterocycles. The highest BCUT2D eigenvalue weighted by atomic mass is 16.2. The normalized spacial score (nSPS) is 18.3. The van der Waals surface area contributed by atoms with E-state index in [0.29, 0.717) is 12.5 Å². The van der Waals surface area contributed by atoms with Gasteiger partial charge in [-0.3, -0.25) is 9.59 Å². The van der Waals surface area contributed by atoms with Crippen molar-refractivity contribution < 1.29 is 9.59 Å². The van der Waals surface area contributed by atoms with Gasteiger partial charge in [0.1, 0.15) is 0 Å². The molecule has 5 heteroatoms. The topological polar surface area (TPSA) is 75.4 Å². The third-order valence-electron chi connectivity index (χ3n) is 3.91. The molecule has 110 valence electrons. The van der Waals surface area contributed by atoms with E-state index in [4.69, 9.17) is 5.73 Å². The molecule has 1 fully saturated rings. The Hall–Kier alpha value is -1.10. The van der Waals surface area contributed by atoms with Crippen molar-refractivity contribution >= 4 is 11.8 Å². The maximum Gasteiger partial charge on any atom is 0.237 e. The highest BCUT2D eigenvalue weighted by Gasteiger charge is 2.40. The molecule has 0 bridgehead atoms. The highest BCUT2D eigenvalue weighted by Crippen LogP contribution is 2.34. The molecule has 5 nitrogen and oxygen atoms in total. The number of carbonyl (C=O) groups is 2. The van der Waals surface area contributed by atoms with Gasteiger partial charge < -0.3 is 16.0 Å². The van der Waals surface area contributed by atoms with Gasteiger partial charge in [-0.1, -0.05) is 20.8 Å². The first-order valence-corrected chi connectivity index (χ1v) is 7.19. The maximum absolute atomic E-state index is 12.8. The van der Waals surface area contributed by atoms with Crippen LogP contribution >= 0.6 is 0 Å². The predicted octanol–water partition coefficient (Wildman–Crippen LogP) is 0.736. The summed E-state index contributed by atoms with van der Waals surface area (Å²) < 4.78 is 0. The molecule has 19 heavy (non-hydrogen) atoms. The number of nitrogens with one attached hydrogen (secondary N) is 1. The largest absolute Gasteiger partial charge is 0.368 e. The Morgan fingerprint density at radius 1 is 1.32 bits per heavy atom. The SMILES string of the molecule is CCC1(C(=O)N(CC(N)=O)CC(C)C)CCNCC1. The fraction of sp³-hybridized carbons (Fsp3) is 0.857. The first kappa shape index (κ1) is 16.0. The third-order valence-corrected chi connectivity index (χ3v) is 3.91. The van der Waals surface area contributed by atoms with Crippen LogP contribution in [0, 0.1) is 11.3 Å². The van der Waals surface area contributed by atoms with Crippen molar-refractivity contribution in [2.45, 2.75) is 40.0 Å². The van der Waals surface area contributed by atoms with Crippen molar-refractivity contribution in [3.05, 3.63) is 0 Å². The summed E-state index contributed by atoms with van der Waals surface area (Å²) in [4.78, 5) is 25.7. The van der Waals surface area contributed by atoms with E-state index >= 15 is 0 Å². The lowest BCUT2D eigenvalue weighted by Crippen LogP contribution is -2.51. The van der Waals surface area contributed by atoms with Gasteiger partial charge in [0.25, 0.3) is 0 Å². The summed E-state index contributed by atoms with van der Waals surface area (Å²) in [6.07, 6.45) is 2.51. The molecule has 2 amide bonds. The van der Waals surface area contributed by atoms with Crippen LogP contribution in [0.5, 0.6) is 0 Å². The van der Waals surface area contributed by atoms with Crippen LogP contribution < -0.4 is 11.1 Å². The third kappa shape index (κ3) is 4.20. The van der Waals surface area contributed by atoms with E-state index in [1.807, 2.05) is 13.8 Å². The number of hydrogen-bond donors (Lipinski definition) is 2. The van der Waals surface area contributed by atoms with Crippen LogP contribution in [0.2, 0.25) is 0 Å². The van der Waals surface area contributed by atoms with E-state index < -0.39 is 5.91 Å². The number of hydrogen-bond acceptors (Lipinski definition) is 3. The molecule has 0 saturated carbocycles. The van der Waals surface area contributed by atoms with E-state index in [1.165, 1.54) is 0 Å². The minimum absolute atomic E-state index is 0.0339. The van der Waals surface area contributed by atoms with Crippen molar-refractivity contribution in [1.82, 2.24) is 10.2 Å². The number of primary amides is 1. The molecule has 0 unspecified atom stereocenters. The maximum atomic E-state index is 12.8. The lowest BCUT2D eigenvalue weighted by atomic mass is 9.75. The highest BCUT2D eigenvalue weighted by molar-refractivity contribution is 5.87. The molecule has 0 radical (unpaired) electrons. The summed E-state index contributed by atoms with van der Waals surface area (Å²) in [6.45, 7) is 8.51. The lowest BCUT2D eigenvalue weighted by Gasteiger charge is -2.39. The molecule has 0 aromatic carbocycles. The Labute approximate surface area is 115 Å². The van der Waals surface area contributed by atoms with E-state index in [9.17, 15) is 9.59 Å². The van der Waals surface area contributed by atoms with Gasteiger partial charge in [-0.2, -0.15) is 0 Å². The fourth-order valence-electron chi connectivity index (χ4n) is 2.81. The van der Waals surface area contributed by atoms with Crippen LogP contribution in [-0.2, 0) is 9.59 Å². The van der Waals surface area contributed by atoms with Crippen molar-refractivity contribution in [1.29, 1.82) is 0 Å². The minimum atomic E-state index is -0.436. The monoisotopic (exact) mass is 269 g/mol. The summed E-state index contributed by atoms with van der Waals surface area (Å²) in [5.41, 5.74) is 4.97. The smallest absolute Gasteiger partial charge is 0.237 e. The Balaban J connectivity index is 2.85. The van der Waals surface area contributed by atoms with Crippen LogP contribution in [0.25, 0.3) is 0 Å². The number of amides is 2. The minimum Gasteiger partial charge on any atom is -0.368 e. The molecule has 1 aliphatic rings. The second-order valence-corrected chi connectivity index (χ2v) is 5.93. The molecule has 0 aliphatic carbocycles. The lowest BCUT2D eigenvalue weighted by molar-refractivity contribution is -0.147. The summed E-state index contributed by atoms with van der Waals surface area (Å²) in [5, 5.41) is 3.29. The van der Waals surface area contributed by atoms with Gasteiger partial charge in [-0.15, -0.1) is 0 Å². The van der Waals surface area contributed by atoms with E-state index in [1.54, 1.807) is 4.90 Å². The Morgan fingerprint density at radius 2 is 1.89 bits per heavy atom. The molecule has 0 aromatic heterocycles. The number of nitrogens with zero attached hydrogens (tertiary/aromatic N) is 1. The van der Waals surface area contributed by atoms with Crippen molar-refractivity contribution in [2.75, 3.05) is 26.2 Å². The summed E-state index contributed by atoms with van der Waals surface area (Å²) in [6, 6.07) is 0. The van der Waals surface area contributed by atoms with Gasteiger partial charge >= 0.3 is 0 Å². The Morgan fingerprint density at radius 3 is 2.32 bits per heavy atom. The number of rotatable bonds is 6. The van der Waals surface area contributed by atoms with Crippen LogP contribution in [0.3, 0.4) is 0 Å². The molecule has 1 heterocycles. The van der Waals surface area contributed by atoms with Crippen LogP contribution in [0.1, 0.15) is 40.0 Å². The van der Waals surface area contributed by atoms with Crippen LogP contribution in [0.4, 0.5) is 0 Å². The number of nitrogens with two attached hydrogens (primary N) is 1. The molecule has 3 N–H and O–H groups in total. The first-order valence-electron chi connectivity index (χ1n) is 7.19. The molecule has 0 spiro atoms. The zero-order chi connectivity index (χ0) is 14.5. The van der Waals surface area contributed by atoms with Crippen molar-refractivity contribution in [2.24, 2.45) is 17.1 Å². The van der Waals surface area contributed by atoms with Gasteiger partial charge in [-0.05, 0) is 38.3 Å². The fourth-order valence-corrected chi connectivity index (χ4v) is 2.81. The van der Waals surface area contributed by atoms with Crippen molar-refractivity contribution in [3.8, 4) is 0 Å². The van der Waals surface area contributed by atoms with Crippen LogP contribution in [0.15, 0.2) is 0 Å². The van der Waals surface area contributed by atoms with Crippen molar-refractivity contribution in [3.63, 3.8) is 0 Å². The average molecular weight is 269 g/mol. The summed E-state index contributed by atoms with van der Waals surface area (Å²) >= 11 is 0. The van der Waals surface area contributed by atoms with Gasteiger partial charge in [0, 0.05) is 6.54 Å². The predicted molar refractivity (Wildman–Crippen MR) is 75.4 cm³/mol. The van der Waals surface area contributed by atoms with E-state index in [0.717, 1.165) is 32.4 Å². The average Bonchev–Trinajstić information content (AvgIpc) is 2.36. The first-order chi connectivity index (χ1) is 8.91. The zero-order valence-corrected chi connectivity index (χ0v) is 12.4. The van der Waals surface area contributed by atoms with Gasteiger partial charge in [-0.25, -0.2) is 0 Å². The van der Waals surface area contributed by atoms with Gasteiger partial charge in [0.05, 0.1) is 12.0 Å². The summed E-state index contributed by atoms with van der Waals surface area (Å²) in [5.74, 6) is -0.00268. The molecule has 0 aromatic rings. The summed E-state index contributed by atoms with van der Waals surface area (Å²) in [7, 11) is 0. The van der Waals surface area contributed by atoms with Gasteiger partial charge in [0.2, 0.25) is 11.8 Å². The molecule has 1 rings (SSSR count). The van der Waals surface area contributed by atoms with E-state index in [-0.39, 0.29) is 17.9 Å². The standard InChI is InChI=1S/C14H27N3O2/c1-4-14(5-7-16-8-6-14)13(19)17(9-11(2)3)10-12(15)18/h11,16H,4-10H2,1-3H3,(H2,15,18). The molecular formula is C14H27N3O2. The van der Waals surface area contributed by atoms with Gasteiger partial charge in [0.15, 0.2) is 0 Å². The molecule has 1 aliphatic heterocycles.